The molecule has 1 aromatic heterocycles. The molecule has 1 aliphatic heterocycles. The third-order valence-electron chi connectivity index (χ3n) is 3.50. The van der Waals surface area contributed by atoms with Gasteiger partial charge in [0.05, 0.1) is 5.57 Å². The van der Waals surface area contributed by atoms with E-state index in [0.717, 1.165) is 21.4 Å². The standard InChI is InChI=1S/C17H17N3OS2/c1-11-14(16(21)19-12-7-4-3-5-8-12)15(13-9-6-10-23-13)20-17(18-11)22-2/h3-10,15H,1-2H3,(H,18,20)(H,19,21). The van der Waals surface area contributed by atoms with Gasteiger partial charge >= 0.3 is 0 Å². The number of hydrogen-bond donors (Lipinski definition) is 2. The van der Waals surface area contributed by atoms with E-state index in [1.54, 1.807) is 23.1 Å². The number of thioether (sulfide) groups is 1. The number of allylic oxidation sites excluding steroid dienone is 1. The van der Waals surface area contributed by atoms with E-state index in [-0.39, 0.29) is 11.9 Å². The van der Waals surface area contributed by atoms with Crippen LogP contribution >= 0.6 is 23.1 Å². The van der Waals surface area contributed by atoms with Crippen molar-refractivity contribution in [3.8, 4) is 0 Å². The first-order chi connectivity index (χ1) is 11.2. The summed E-state index contributed by atoms with van der Waals surface area (Å²) in [5, 5.41) is 9.01. The Labute approximate surface area is 143 Å². The molecule has 0 aliphatic carbocycles. The summed E-state index contributed by atoms with van der Waals surface area (Å²) in [7, 11) is 0. The van der Waals surface area contributed by atoms with Crippen molar-refractivity contribution in [1.82, 2.24) is 5.32 Å². The summed E-state index contributed by atoms with van der Waals surface area (Å²) in [6, 6.07) is 13.2. The molecule has 6 heteroatoms. The van der Waals surface area contributed by atoms with Crippen molar-refractivity contribution >= 4 is 39.9 Å². The zero-order chi connectivity index (χ0) is 16.2. The molecule has 1 unspecified atom stereocenters. The SMILES string of the molecule is CSC1=NC(c2cccs2)C(C(=O)Nc2ccccc2)=C(C)N1. The van der Waals surface area contributed by atoms with Crippen LogP contribution < -0.4 is 10.6 Å². The van der Waals surface area contributed by atoms with Crippen molar-refractivity contribution in [3.05, 3.63) is 64.0 Å². The van der Waals surface area contributed by atoms with Crippen LogP contribution in [0.5, 0.6) is 0 Å². The third-order valence-corrected chi connectivity index (χ3v) is 5.02. The van der Waals surface area contributed by atoms with E-state index < -0.39 is 0 Å². The lowest BCUT2D eigenvalue weighted by atomic mass is 10.0. The Morgan fingerprint density at radius 2 is 2.04 bits per heavy atom. The summed E-state index contributed by atoms with van der Waals surface area (Å²) >= 11 is 3.16. The molecule has 0 saturated carbocycles. The number of aliphatic imine (C=N–C) groups is 1. The molecular weight excluding hydrogens is 326 g/mol. The van der Waals surface area contributed by atoms with E-state index in [1.807, 2.05) is 61.0 Å². The Bertz CT molecular complexity index is 751. The van der Waals surface area contributed by atoms with E-state index in [0.29, 0.717) is 5.57 Å². The molecular formula is C17H17N3OS2. The molecule has 2 N–H and O–H groups in total. The van der Waals surface area contributed by atoms with E-state index in [1.165, 1.54) is 0 Å². The predicted octanol–water partition coefficient (Wildman–Crippen LogP) is 4.02. The second kappa shape index (κ2) is 7.02. The van der Waals surface area contributed by atoms with E-state index in [4.69, 9.17) is 4.99 Å². The fraction of sp³-hybridized carbons (Fsp3) is 0.176. The number of carbonyl (C=O) groups is 1. The molecule has 4 nitrogen and oxygen atoms in total. The number of hydrogen-bond acceptors (Lipinski definition) is 5. The van der Waals surface area contributed by atoms with Gasteiger partial charge in [0.25, 0.3) is 5.91 Å². The fourth-order valence-corrected chi connectivity index (χ4v) is 3.65. The Hall–Kier alpha value is -2.05. The van der Waals surface area contributed by atoms with Gasteiger partial charge in [-0.3, -0.25) is 4.79 Å². The molecule has 1 aliphatic rings. The molecule has 118 valence electrons. The number of anilines is 1. The van der Waals surface area contributed by atoms with Crippen LogP contribution in [0.1, 0.15) is 17.8 Å². The molecule has 0 spiro atoms. The van der Waals surface area contributed by atoms with Crippen molar-refractivity contribution in [3.63, 3.8) is 0 Å². The summed E-state index contributed by atoms with van der Waals surface area (Å²) in [5.41, 5.74) is 2.28. The lowest BCUT2D eigenvalue weighted by Gasteiger charge is -2.25. The first-order valence-electron chi connectivity index (χ1n) is 7.18. The average molecular weight is 343 g/mol. The summed E-state index contributed by atoms with van der Waals surface area (Å²) in [5.74, 6) is -0.122. The van der Waals surface area contributed by atoms with Crippen LogP contribution in [0, 0.1) is 0 Å². The van der Waals surface area contributed by atoms with Crippen LogP contribution in [-0.2, 0) is 4.79 Å². The van der Waals surface area contributed by atoms with Crippen LogP contribution in [-0.4, -0.2) is 17.3 Å². The van der Waals surface area contributed by atoms with E-state index in [9.17, 15) is 4.79 Å². The van der Waals surface area contributed by atoms with Crippen LogP contribution in [0.25, 0.3) is 0 Å². The van der Waals surface area contributed by atoms with Crippen molar-refractivity contribution in [2.24, 2.45) is 4.99 Å². The monoisotopic (exact) mass is 343 g/mol. The van der Waals surface area contributed by atoms with Crippen LogP contribution in [0.2, 0.25) is 0 Å². The zero-order valence-corrected chi connectivity index (χ0v) is 14.5. The predicted molar refractivity (Wildman–Crippen MR) is 98.9 cm³/mol. The number of thiophene rings is 1. The highest BCUT2D eigenvalue weighted by Crippen LogP contribution is 2.34. The van der Waals surface area contributed by atoms with Gasteiger partial charge in [0, 0.05) is 16.3 Å². The highest BCUT2D eigenvalue weighted by molar-refractivity contribution is 8.13. The Kier molecular flexibility index (Phi) is 4.83. The number of benzene rings is 1. The van der Waals surface area contributed by atoms with Gasteiger partial charge in [-0.05, 0) is 36.8 Å². The molecule has 23 heavy (non-hydrogen) atoms. The third kappa shape index (κ3) is 3.48. The number of carbonyl (C=O) groups excluding carboxylic acids is 1. The first kappa shape index (κ1) is 15.8. The van der Waals surface area contributed by atoms with Gasteiger partial charge in [-0.2, -0.15) is 0 Å². The summed E-state index contributed by atoms with van der Waals surface area (Å²) in [6.07, 6.45) is 1.97. The average Bonchev–Trinajstić information content (AvgIpc) is 3.09. The molecule has 0 fully saturated rings. The molecule has 1 atom stereocenters. The highest BCUT2D eigenvalue weighted by atomic mass is 32.2. The van der Waals surface area contributed by atoms with Crippen molar-refractivity contribution in [1.29, 1.82) is 0 Å². The number of rotatable bonds is 3. The van der Waals surface area contributed by atoms with Gasteiger partial charge in [0.15, 0.2) is 5.17 Å². The molecule has 0 radical (unpaired) electrons. The number of amides is 1. The second-order valence-electron chi connectivity index (χ2n) is 5.04. The zero-order valence-electron chi connectivity index (χ0n) is 12.9. The van der Waals surface area contributed by atoms with Gasteiger partial charge in [-0.1, -0.05) is 36.0 Å². The Morgan fingerprint density at radius 3 is 2.70 bits per heavy atom. The minimum absolute atomic E-state index is 0.122. The van der Waals surface area contributed by atoms with Crippen molar-refractivity contribution in [2.75, 3.05) is 11.6 Å². The van der Waals surface area contributed by atoms with Crippen LogP contribution in [0.15, 0.2) is 64.1 Å². The van der Waals surface area contributed by atoms with Gasteiger partial charge in [-0.15, -0.1) is 11.3 Å². The van der Waals surface area contributed by atoms with Gasteiger partial charge in [-0.25, -0.2) is 4.99 Å². The lowest BCUT2D eigenvalue weighted by Crippen LogP contribution is -2.31. The summed E-state index contributed by atoms with van der Waals surface area (Å²) < 4.78 is 0. The van der Waals surface area contributed by atoms with Gasteiger partial charge in [0.2, 0.25) is 0 Å². The molecule has 1 aromatic carbocycles. The minimum Gasteiger partial charge on any atom is -0.338 e. The van der Waals surface area contributed by atoms with Crippen molar-refractivity contribution in [2.45, 2.75) is 13.0 Å². The second-order valence-corrected chi connectivity index (χ2v) is 6.81. The normalized spacial score (nSPS) is 17.5. The first-order valence-corrected chi connectivity index (χ1v) is 9.29. The fourth-order valence-electron chi connectivity index (χ4n) is 2.42. The maximum Gasteiger partial charge on any atom is 0.255 e. The Balaban J connectivity index is 1.93. The van der Waals surface area contributed by atoms with Gasteiger partial charge in [0.1, 0.15) is 6.04 Å². The lowest BCUT2D eigenvalue weighted by molar-refractivity contribution is -0.113. The molecule has 3 rings (SSSR count). The van der Waals surface area contributed by atoms with E-state index in [2.05, 4.69) is 10.6 Å². The van der Waals surface area contributed by atoms with Crippen molar-refractivity contribution < 1.29 is 4.79 Å². The summed E-state index contributed by atoms with van der Waals surface area (Å²) in [4.78, 5) is 18.6. The van der Waals surface area contributed by atoms with Crippen LogP contribution in [0.3, 0.4) is 0 Å². The largest absolute Gasteiger partial charge is 0.338 e. The molecule has 1 amide bonds. The number of nitrogens with one attached hydrogen (secondary N) is 2. The maximum absolute atomic E-state index is 12.8. The molecule has 0 bridgehead atoms. The van der Waals surface area contributed by atoms with Gasteiger partial charge < -0.3 is 10.6 Å². The highest BCUT2D eigenvalue weighted by Gasteiger charge is 2.29. The van der Waals surface area contributed by atoms with E-state index >= 15 is 0 Å². The minimum atomic E-state index is -0.262. The number of nitrogens with zero attached hydrogens (tertiary/aromatic N) is 1. The molecule has 0 saturated heterocycles. The molecule has 2 heterocycles. The number of para-hydroxylation sites is 1. The maximum atomic E-state index is 12.8. The number of amidine groups is 1. The topological polar surface area (TPSA) is 53.5 Å². The van der Waals surface area contributed by atoms with Crippen LogP contribution in [0.4, 0.5) is 5.69 Å². The molecule has 2 aromatic rings. The Morgan fingerprint density at radius 1 is 1.26 bits per heavy atom. The summed E-state index contributed by atoms with van der Waals surface area (Å²) in [6.45, 7) is 1.92. The smallest absolute Gasteiger partial charge is 0.255 e. The quantitative estimate of drug-likeness (QED) is 0.885.